The van der Waals surface area contributed by atoms with Gasteiger partial charge in [-0.2, -0.15) is 0 Å². The standard InChI is InChI=1S/C17H20N2O3/c1-12-4-5-13(16-18-8-9-22-16)10-14(12)19-15(20)11-17(21)6-2-3-7-17/h4-5,8-10,21H,2-3,6-7,11H2,1H3,(H,19,20). The summed E-state index contributed by atoms with van der Waals surface area (Å²) in [5.74, 6) is 0.363. The Morgan fingerprint density at radius 1 is 1.41 bits per heavy atom. The molecule has 5 heteroatoms. The Labute approximate surface area is 129 Å². The third-order valence-corrected chi connectivity index (χ3v) is 4.21. The van der Waals surface area contributed by atoms with Gasteiger partial charge >= 0.3 is 0 Å². The summed E-state index contributed by atoms with van der Waals surface area (Å²) >= 11 is 0. The van der Waals surface area contributed by atoms with Crippen LogP contribution in [0.15, 0.2) is 35.1 Å². The van der Waals surface area contributed by atoms with Crippen LogP contribution in [0.4, 0.5) is 5.69 Å². The molecule has 22 heavy (non-hydrogen) atoms. The van der Waals surface area contributed by atoms with Gasteiger partial charge in [-0.1, -0.05) is 18.9 Å². The lowest BCUT2D eigenvalue weighted by atomic mass is 9.97. The average molecular weight is 300 g/mol. The fraction of sp³-hybridized carbons (Fsp3) is 0.412. The molecule has 0 aliphatic heterocycles. The Hall–Kier alpha value is -2.14. The Kier molecular flexibility index (Phi) is 3.98. The van der Waals surface area contributed by atoms with Crippen molar-refractivity contribution in [3.8, 4) is 11.5 Å². The van der Waals surface area contributed by atoms with Gasteiger partial charge in [-0.3, -0.25) is 4.79 Å². The minimum atomic E-state index is -0.835. The minimum Gasteiger partial charge on any atom is -0.445 e. The first-order valence-electron chi connectivity index (χ1n) is 7.58. The average Bonchev–Trinajstić information content (AvgIpc) is 3.13. The van der Waals surface area contributed by atoms with E-state index in [-0.39, 0.29) is 12.3 Å². The lowest BCUT2D eigenvalue weighted by Gasteiger charge is -2.21. The lowest BCUT2D eigenvalue weighted by molar-refractivity contribution is -0.120. The molecule has 0 spiro atoms. The van der Waals surface area contributed by atoms with Crippen LogP contribution in [0.2, 0.25) is 0 Å². The van der Waals surface area contributed by atoms with Gasteiger partial charge in [-0.25, -0.2) is 4.98 Å². The summed E-state index contributed by atoms with van der Waals surface area (Å²) < 4.78 is 5.28. The highest BCUT2D eigenvalue weighted by Crippen LogP contribution is 2.33. The normalized spacial score (nSPS) is 16.6. The topological polar surface area (TPSA) is 75.4 Å². The number of hydrogen-bond acceptors (Lipinski definition) is 4. The molecule has 0 radical (unpaired) electrons. The quantitative estimate of drug-likeness (QED) is 0.908. The zero-order valence-electron chi connectivity index (χ0n) is 12.6. The summed E-state index contributed by atoms with van der Waals surface area (Å²) in [6.07, 6.45) is 6.64. The largest absolute Gasteiger partial charge is 0.445 e. The summed E-state index contributed by atoms with van der Waals surface area (Å²) in [4.78, 5) is 16.3. The number of aromatic nitrogens is 1. The Bertz CT molecular complexity index is 659. The number of carbonyl (C=O) groups is 1. The second-order valence-corrected chi connectivity index (χ2v) is 6.02. The van der Waals surface area contributed by atoms with Crippen LogP contribution in [-0.4, -0.2) is 21.6 Å². The molecule has 1 fully saturated rings. The molecule has 5 nitrogen and oxygen atoms in total. The van der Waals surface area contributed by atoms with Gasteiger partial charge in [0.25, 0.3) is 0 Å². The number of rotatable bonds is 4. The molecule has 1 aliphatic rings. The fourth-order valence-electron chi connectivity index (χ4n) is 2.96. The highest BCUT2D eigenvalue weighted by Gasteiger charge is 2.33. The van der Waals surface area contributed by atoms with Crippen molar-refractivity contribution >= 4 is 11.6 Å². The number of carbonyl (C=O) groups excluding carboxylic acids is 1. The number of nitrogens with zero attached hydrogens (tertiary/aromatic N) is 1. The lowest BCUT2D eigenvalue weighted by Crippen LogP contribution is -2.30. The maximum Gasteiger partial charge on any atom is 0.227 e. The highest BCUT2D eigenvalue weighted by molar-refractivity contribution is 5.92. The fourth-order valence-corrected chi connectivity index (χ4v) is 2.96. The van der Waals surface area contributed by atoms with Gasteiger partial charge in [0.05, 0.1) is 18.2 Å². The Balaban J connectivity index is 1.74. The number of aliphatic hydroxyl groups is 1. The van der Waals surface area contributed by atoms with Crippen molar-refractivity contribution in [1.29, 1.82) is 0 Å². The molecule has 1 aliphatic carbocycles. The zero-order valence-corrected chi connectivity index (χ0v) is 12.6. The van der Waals surface area contributed by atoms with Crippen molar-refractivity contribution in [2.24, 2.45) is 0 Å². The molecule has 0 unspecified atom stereocenters. The molecule has 1 saturated carbocycles. The van der Waals surface area contributed by atoms with Crippen molar-refractivity contribution in [3.05, 3.63) is 36.2 Å². The first-order valence-corrected chi connectivity index (χ1v) is 7.58. The van der Waals surface area contributed by atoms with Crippen LogP contribution in [0.5, 0.6) is 0 Å². The second kappa shape index (κ2) is 5.93. The SMILES string of the molecule is Cc1ccc(-c2ncco2)cc1NC(=O)CC1(O)CCCC1. The van der Waals surface area contributed by atoms with Crippen LogP contribution in [0.1, 0.15) is 37.7 Å². The Morgan fingerprint density at radius 3 is 2.86 bits per heavy atom. The first-order chi connectivity index (χ1) is 10.6. The van der Waals surface area contributed by atoms with E-state index in [1.165, 1.54) is 6.26 Å². The van der Waals surface area contributed by atoms with Crippen molar-refractivity contribution < 1.29 is 14.3 Å². The van der Waals surface area contributed by atoms with Gasteiger partial charge in [0.15, 0.2) is 0 Å². The van der Waals surface area contributed by atoms with Crippen LogP contribution >= 0.6 is 0 Å². The molecule has 116 valence electrons. The maximum atomic E-state index is 12.2. The van der Waals surface area contributed by atoms with Gasteiger partial charge in [0, 0.05) is 11.3 Å². The van der Waals surface area contributed by atoms with Gasteiger partial charge < -0.3 is 14.8 Å². The molecule has 3 rings (SSSR count). The van der Waals surface area contributed by atoms with Crippen molar-refractivity contribution in [1.82, 2.24) is 4.98 Å². The molecular formula is C17H20N2O3. The van der Waals surface area contributed by atoms with E-state index in [0.717, 1.165) is 29.7 Å². The van der Waals surface area contributed by atoms with E-state index in [2.05, 4.69) is 10.3 Å². The molecule has 2 N–H and O–H groups in total. The number of benzene rings is 1. The van der Waals surface area contributed by atoms with Gasteiger partial charge in [-0.05, 0) is 37.5 Å². The van der Waals surface area contributed by atoms with Crippen molar-refractivity contribution in [3.63, 3.8) is 0 Å². The van der Waals surface area contributed by atoms with Crippen LogP contribution in [0.25, 0.3) is 11.5 Å². The van der Waals surface area contributed by atoms with E-state index in [1.54, 1.807) is 6.20 Å². The maximum absolute atomic E-state index is 12.2. The van der Waals surface area contributed by atoms with Gasteiger partial charge in [-0.15, -0.1) is 0 Å². The van der Waals surface area contributed by atoms with Gasteiger partial charge in [0.1, 0.15) is 6.26 Å². The molecule has 0 saturated heterocycles. The van der Waals surface area contributed by atoms with E-state index >= 15 is 0 Å². The van der Waals surface area contributed by atoms with Crippen LogP contribution in [0.3, 0.4) is 0 Å². The van der Waals surface area contributed by atoms with E-state index in [0.29, 0.717) is 18.7 Å². The summed E-state index contributed by atoms with van der Waals surface area (Å²) in [5.41, 5.74) is 1.66. The number of anilines is 1. The number of aryl methyl sites for hydroxylation is 1. The number of oxazole rings is 1. The molecular weight excluding hydrogens is 280 g/mol. The van der Waals surface area contributed by atoms with Gasteiger partial charge in [0.2, 0.25) is 11.8 Å². The second-order valence-electron chi connectivity index (χ2n) is 6.02. The monoisotopic (exact) mass is 300 g/mol. The predicted molar refractivity (Wildman–Crippen MR) is 83.3 cm³/mol. The molecule has 0 bridgehead atoms. The summed E-state index contributed by atoms with van der Waals surface area (Å²) in [7, 11) is 0. The summed E-state index contributed by atoms with van der Waals surface area (Å²) in [5, 5.41) is 13.2. The third-order valence-electron chi connectivity index (χ3n) is 4.21. The Morgan fingerprint density at radius 2 is 2.18 bits per heavy atom. The molecule has 2 aromatic rings. The predicted octanol–water partition coefficient (Wildman–Crippen LogP) is 3.28. The van der Waals surface area contributed by atoms with Crippen LogP contribution in [-0.2, 0) is 4.79 Å². The smallest absolute Gasteiger partial charge is 0.227 e. The van der Waals surface area contributed by atoms with E-state index in [1.807, 2.05) is 25.1 Å². The zero-order chi connectivity index (χ0) is 15.6. The van der Waals surface area contributed by atoms with Crippen LogP contribution < -0.4 is 5.32 Å². The van der Waals surface area contributed by atoms with E-state index < -0.39 is 5.60 Å². The summed E-state index contributed by atoms with van der Waals surface area (Å²) in [6, 6.07) is 5.67. The summed E-state index contributed by atoms with van der Waals surface area (Å²) in [6.45, 7) is 1.93. The van der Waals surface area contributed by atoms with Crippen molar-refractivity contribution in [2.45, 2.75) is 44.6 Å². The van der Waals surface area contributed by atoms with Crippen LogP contribution in [0, 0.1) is 6.92 Å². The molecule has 0 atom stereocenters. The number of hydrogen-bond donors (Lipinski definition) is 2. The van der Waals surface area contributed by atoms with E-state index in [4.69, 9.17) is 4.42 Å². The van der Waals surface area contributed by atoms with E-state index in [9.17, 15) is 9.90 Å². The molecule has 1 aromatic carbocycles. The molecule has 1 heterocycles. The van der Waals surface area contributed by atoms with Crippen molar-refractivity contribution in [2.75, 3.05) is 5.32 Å². The third kappa shape index (κ3) is 3.20. The number of nitrogens with one attached hydrogen (secondary N) is 1. The number of amides is 1. The minimum absolute atomic E-state index is 0.148. The molecule has 1 amide bonds. The molecule has 1 aromatic heterocycles. The first kappa shape index (κ1) is 14.8. The highest BCUT2D eigenvalue weighted by atomic mass is 16.3.